The van der Waals surface area contributed by atoms with E-state index in [1.54, 1.807) is 0 Å². The van der Waals surface area contributed by atoms with Crippen molar-refractivity contribution in [2.45, 2.75) is 32.1 Å². The van der Waals surface area contributed by atoms with Gasteiger partial charge in [-0.15, -0.1) is 12.4 Å². The number of carbonyl (C=O) groups is 2. The summed E-state index contributed by atoms with van der Waals surface area (Å²) in [5, 5.41) is 3.49. The maximum Gasteiger partial charge on any atom is 0.227 e. The number of nitrogens with zero attached hydrogens (tertiary/aromatic N) is 2. The summed E-state index contributed by atoms with van der Waals surface area (Å²) in [7, 11) is 0. The van der Waals surface area contributed by atoms with E-state index in [4.69, 9.17) is 4.74 Å². The van der Waals surface area contributed by atoms with Crippen LogP contribution < -0.4 is 10.1 Å². The zero-order chi connectivity index (χ0) is 20.1. The van der Waals surface area contributed by atoms with Gasteiger partial charge in [0.05, 0.1) is 18.9 Å². The van der Waals surface area contributed by atoms with Crippen LogP contribution in [0.2, 0.25) is 0 Å². The predicted octanol–water partition coefficient (Wildman–Crippen LogP) is 2.57. The second-order valence-corrected chi connectivity index (χ2v) is 8.67. The van der Waals surface area contributed by atoms with Gasteiger partial charge in [-0.05, 0) is 62.7 Å². The van der Waals surface area contributed by atoms with Crippen LogP contribution in [0, 0.1) is 17.8 Å². The Kier molecular flexibility index (Phi) is 8.40. The van der Waals surface area contributed by atoms with Crippen molar-refractivity contribution in [3.63, 3.8) is 0 Å². The second kappa shape index (κ2) is 11.0. The Bertz CT molecular complexity index is 688. The lowest BCUT2D eigenvalue weighted by atomic mass is 9.92. The van der Waals surface area contributed by atoms with E-state index in [1.165, 1.54) is 0 Å². The highest BCUT2D eigenvalue weighted by molar-refractivity contribution is 5.85. The molecule has 0 spiro atoms. The average Bonchev–Trinajstić information content (AvgIpc) is 3.12. The number of benzene rings is 1. The van der Waals surface area contributed by atoms with Crippen LogP contribution in [-0.2, 0) is 9.59 Å². The van der Waals surface area contributed by atoms with Crippen LogP contribution in [0.4, 0.5) is 0 Å². The molecule has 4 rings (SSSR count). The third kappa shape index (κ3) is 5.67. The van der Waals surface area contributed by atoms with Gasteiger partial charge in [0, 0.05) is 26.2 Å². The molecule has 6 nitrogen and oxygen atoms in total. The Labute approximate surface area is 185 Å². The molecule has 3 fully saturated rings. The van der Waals surface area contributed by atoms with Crippen molar-refractivity contribution >= 4 is 24.2 Å². The standard InChI is InChI=1S/C23H33N3O3.ClH/c27-22(10-14-29-21-6-2-1-3-7-21)26-11-4-5-20(17-26)23(28)25-12-8-18-15-24-16-19(18)9-13-25;/h1-3,6-7,18-20,24H,4-5,8-17H2;1H/t18-,19+,20?;. The van der Waals surface area contributed by atoms with Gasteiger partial charge in [0.1, 0.15) is 5.75 Å². The molecule has 3 atom stereocenters. The zero-order valence-electron chi connectivity index (χ0n) is 17.6. The van der Waals surface area contributed by atoms with E-state index in [1.807, 2.05) is 35.2 Å². The lowest BCUT2D eigenvalue weighted by Gasteiger charge is -2.35. The van der Waals surface area contributed by atoms with Gasteiger partial charge in [0.25, 0.3) is 0 Å². The molecule has 3 saturated heterocycles. The van der Waals surface area contributed by atoms with E-state index in [-0.39, 0.29) is 30.1 Å². The van der Waals surface area contributed by atoms with Gasteiger partial charge in [-0.3, -0.25) is 9.59 Å². The summed E-state index contributed by atoms with van der Waals surface area (Å²) in [6.07, 6.45) is 4.37. The first-order chi connectivity index (χ1) is 14.2. The summed E-state index contributed by atoms with van der Waals surface area (Å²) in [6.45, 7) is 5.64. The smallest absolute Gasteiger partial charge is 0.227 e. The number of hydrogen-bond donors (Lipinski definition) is 1. The van der Waals surface area contributed by atoms with E-state index in [9.17, 15) is 9.59 Å². The van der Waals surface area contributed by atoms with Crippen molar-refractivity contribution in [2.75, 3.05) is 45.9 Å². The van der Waals surface area contributed by atoms with Crippen molar-refractivity contribution in [2.24, 2.45) is 17.8 Å². The molecule has 3 aliphatic heterocycles. The topological polar surface area (TPSA) is 61.9 Å². The number of likely N-dealkylation sites (tertiary alicyclic amines) is 2. The van der Waals surface area contributed by atoms with Crippen molar-refractivity contribution in [1.29, 1.82) is 0 Å². The van der Waals surface area contributed by atoms with Crippen LogP contribution in [-0.4, -0.2) is 67.5 Å². The molecule has 0 aliphatic carbocycles. The lowest BCUT2D eigenvalue weighted by molar-refractivity contribution is -0.141. The monoisotopic (exact) mass is 435 g/mol. The molecule has 3 aliphatic rings. The molecule has 166 valence electrons. The predicted molar refractivity (Wildman–Crippen MR) is 119 cm³/mol. The van der Waals surface area contributed by atoms with Gasteiger partial charge in [0.2, 0.25) is 11.8 Å². The Morgan fingerprint density at radius 3 is 2.37 bits per heavy atom. The maximum absolute atomic E-state index is 13.1. The molecule has 0 bridgehead atoms. The summed E-state index contributed by atoms with van der Waals surface area (Å²) in [6, 6.07) is 9.57. The normalized spacial score (nSPS) is 26.3. The average molecular weight is 436 g/mol. The number of para-hydroxylation sites is 1. The fourth-order valence-electron chi connectivity index (χ4n) is 5.03. The Hall–Kier alpha value is -1.79. The van der Waals surface area contributed by atoms with E-state index in [2.05, 4.69) is 10.2 Å². The van der Waals surface area contributed by atoms with E-state index >= 15 is 0 Å². The number of piperidine rings is 1. The summed E-state index contributed by atoms with van der Waals surface area (Å²) in [5.41, 5.74) is 0. The molecule has 2 amide bonds. The Balaban J connectivity index is 0.00000256. The highest BCUT2D eigenvalue weighted by Crippen LogP contribution is 2.29. The van der Waals surface area contributed by atoms with Crippen LogP contribution in [0.15, 0.2) is 30.3 Å². The summed E-state index contributed by atoms with van der Waals surface area (Å²) in [4.78, 5) is 29.7. The molecule has 3 heterocycles. The molecular weight excluding hydrogens is 402 g/mol. The largest absolute Gasteiger partial charge is 0.493 e. The Morgan fingerprint density at radius 2 is 1.67 bits per heavy atom. The highest BCUT2D eigenvalue weighted by Gasteiger charge is 2.35. The number of halogens is 1. The fourth-order valence-corrected chi connectivity index (χ4v) is 5.03. The van der Waals surface area contributed by atoms with Crippen LogP contribution in [0.5, 0.6) is 5.75 Å². The van der Waals surface area contributed by atoms with Crippen molar-refractivity contribution < 1.29 is 14.3 Å². The van der Waals surface area contributed by atoms with E-state index < -0.39 is 0 Å². The molecule has 1 aromatic carbocycles. The molecule has 0 radical (unpaired) electrons. The molecule has 0 aromatic heterocycles. The summed E-state index contributed by atoms with van der Waals surface area (Å²) in [5.74, 6) is 2.54. The van der Waals surface area contributed by atoms with Gasteiger partial charge in [-0.1, -0.05) is 18.2 Å². The number of nitrogens with one attached hydrogen (secondary N) is 1. The van der Waals surface area contributed by atoms with Crippen LogP contribution >= 0.6 is 12.4 Å². The van der Waals surface area contributed by atoms with Crippen molar-refractivity contribution in [3.8, 4) is 5.75 Å². The minimum absolute atomic E-state index is 0. The number of amides is 2. The first-order valence-corrected chi connectivity index (χ1v) is 11.2. The molecule has 1 N–H and O–H groups in total. The lowest BCUT2D eigenvalue weighted by Crippen LogP contribution is -2.47. The van der Waals surface area contributed by atoms with Gasteiger partial charge >= 0.3 is 0 Å². The minimum Gasteiger partial charge on any atom is -0.493 e. The third-order valence-corrected chi connectivity index (χ3v) is 6.78. The van der Waals surface area contributed by atoms with Crippen molar-refractivity contribution in [3.05, 3.63) is 30.3 Å². The number of rotatable bonds is 5. The highest BCUT2D eigenvalue weighted by atomic mass is 35.5. The number of fused-ring (bicyclic) bond motifs is 1. The maximum atomic E-state index is 13.1. The Morgan fingerprint density at radius 1 is 0.967 bits per heavy atom. The second-order valence-electron chi connectivity index (χ2n) is 8.67. The van der Waals surface area contributed by atoms with Crippen LogP contribution in [0.25, 0.3) is 0 Å². The first kappa shape index (κ1) is 22.9. The van der Waals surface area contributed by atoms with E-state index in [0.717, 1.165) is 76.0 Å². The SMILES string of the molecule is Cl.O=C(CCOc1ccccc1)N1CCCC(C(=O)N2CC[C@@H]3CNC[C@@H]3CC2)C1. The summed E-state index contributed by atoms with van der Waals surface area (Å²) < 4.78 is 5.66. The molecule has 1 unspecified atom stereocenters. The zero-order valence-corrected chi connectivity index (χ0v) is 18.4. The fraction of sp³-hybridized carbons (Fsp3) is 0.652. The molecule has 7 heteroatoms. The summed E-state index contributed by atoms with van der Waals surface area (Å²) >= 11 is 0. The van der Waals surface area contributed by atoms with Crippen LogP contribution in [0.1, 0.15) is 32.1 Å². The quantitative estimate of drug-likeness (QED) is 0.772. The van der Waals surface area contributed by atoms with E-state index in [0.29, 0.717) is 19.6 Å². The molecular formula is C23H34ClN3O3. The number of ether oxygens (including phenoxy) is 1. The first-order valence-electron chi connectivity index (χ1n) is 11.2. The number of hydrogen-bond acceptors (Lipinski definition) is 4. The molecule has 0 saturated carbocycles. The minimum atomic E-state index is -0.0428. The van der Waals surface area contributed by atoms with Gasteiger partial charge in [0.15, 0.2) is 0 Å². The van der Waals surface area contributed by atoms with Gasteiger partial charge in [-0.25, -0.2) is 0 Å². The van der Waals surface area contributed by atoms with Crippen molar-refractivity contribution in [1.82, 2.24) is 15.1 Å². The molecule has 30 heavy (non-hydrogen) atoms. The number of carbonyl (C=O) groups excluding carboxylic acids is 2. The molecule has 1 aromatic rings. The third-order valence-electron chi connectivity index (χ3n) is 6.78. The van der Waals surface area contributed by atoms with Crippen LogP contribution in [0.3, 0.4) is 0 Å². The van der Waals surface area contributed by atoms with Gasteiger partial charge in [-0.2, -0.15) is 0 Å². The van der Waals surface area contributed by atoms with Gasteiger partial charge < -0.3 is 19.9 Å².